The van der Waals surface area contributed by atoms with Gasteiger partial charge in [0.2, 0.25) is 0 Å². The van der Waals surface area contributed by atoms with Crippen molar-refractivity contribution in [2.75, 3.05) is 6.61 Å². The third kappa shape index (κ3) is 6.22. The maximum Gasteiger partial charge on any atom is 0.340 e. The SMILES string of the molecule is CCOC(=O)Cc1c(-c2ccccc2)c2cc(CO)c(CO)cc2oc1=O.[Ac].[Ac]. The maximum absolute atomic E-state index is 12.6. The van der Waals surface area contributed by atoms with Crippen molar-refractivity contribution in [2.45, 2.75) is 26.6 Å². The Hall–Kier alpha value is -0.0769. The van der Waals surface area contributed by atoms with Gasteiger partial charge in [-0.1, -0.05) is 30.3 Å². The fraction of sp³-hybridized carbons (Fsp3) is 0.238. The summed E-state index contributed by atoms with van der Waals surface area (Å²) < 4.78 is 10.4. The molecule has 146 valence electrons. The number of rotatable bonds is 6. The normalized spacial score (nSPS) is 10.2. The van der Waals surface area contributed by atoms with Crippen LogP contribution >= 0.6 is 0 Å². The van der Waals surface area contributed by atoms with Crippen LogP contribution < -0.4 is 5.63 Å². The van der Waals surface area contributed by atoms with Crippen LogP contribution in [0.15, 0.2) is 51.7 Å². The van der Waals surface area contributed by atoms with Crippen LogP contribution in [0.1, 0.15) is 23.6 Å². The maximum atomic E-state index is 12.6. The van der Waals surface area contributed by atoms with Crippen molar-refractivity contribution in [1.29, 1.82) is 0 Å². The van der Waals surface area contributed by atoms with Crippen molar-refractivity contribution in [2.24, 2.45) is 0 Å². The summed E-state index contributed by atoms with van der Waals surface area (Å²) in [6.45, 7) is 1.35. The molecule has 8 heteroatoms. The third-order valence-electron chi connectivity index (χ3n) is 4.35. The third-order valence-corrected chi connectivity index (χ3v) is 4.35. The zero-order chi connectivity index (χ0) is 19.4. The first-order chi connectivity index (χ1) is 13.1. The Labute approximate surface area is 239 Å². The van der Waals surface area contributed by atoms with E-state index in [-0.39, 0.29) is 126 Å². The predicted octanol–water partition coefficient (Wildman–Crippen LogP) is 2.55. The monoisotopic (exact) mass is 822 g/mol. The van der Waals surface area contributed by atoms with Crippen molar-refractivity contribution in [1.82, 2.24) is 0 Å². The van der Waals surface area contributed by atoms with Gasteiger partial charge in [0.05, 0.1) is 31.8 Å². The van der Waals surface area contributed by atoms with Gasteiger partial charge in [0.15, 0.2) is 0 Å². The standard InChI is InChI=1S/C21H20O6.2Ac/c1-2-26-19(24)10-17-20(13-6-4-3-5-7-13)16-8-14(11-22)15(12-23)9-18(16)27-21(17)25;;/h3-9,22-23H,2,10-12H2,1H3;;. The molecule has 0 amide bonds. The summed E-state index contributed by atoms with van der Waals surface area (Å²) in [6, 6.07) is 12.4. The van der Waals surface area contributed by atoms with Crippen molar-refractivity contribution in [3.05, 3.63) is 69.6 Å². The summed E-state index contributed by atoms with van der Waals surface area (Å²) in [5.74, 6) is -0.518. The Balaban J connectivity index is 0.00000210. The van der Waals surface area contributed by atoms with Crippen LogP contribution in [0, 0.1) is 88.1 Å². The molecule has 0 atom stereocenters. The minimum atomic E-state index is -0.630. The molecule has 2 N–H and O–H groups in total. The molecule has 29 heavy (non-hydrogen) atoms. The van der Waals surface area contributed by atoms with E-state index >= 15 is 0 Å². The van der Waals surface area contributed by atoms with Gasteiger partial charge in [-0.3, -0.25) is 4.79 Å². The Bertz CT molecular complexity index is 1030. The molecule has 2 radical (unpaired) electrons. The van der Waals surface area contributed by atoms with Crippen molar-refractivity contribution in [3.8, 4) is 11.1 Å². The van der Waals surface area contributed by atoms with E-state index in [1.165, 1.54) is 0 Å². The molecule has 0 unspecified atom stereocenters. The number of aliphatic hydroxyl groups excluding tert-OH is 2. The van der Waals surface area contributed by atoms with E-state index in [4.69, 9.17) is 9.15 Å². The number of hydrogen-bond acceptors (Lipinski definition) is 6. The van der Waals surface area contributed by atoms with Gasteiger partial charge in [0, 0.05) is 99.1 Å². The molecule has 0 bridgehead atoms. The summed E-state index contributed by atoms with van der Waals surface area (Å²) >= 11 is 0. The summed E-state index contributed by atoms with van der Waals surface area (Å²) in [5, 5.41) is 19.7. The minimum absolute atomic E-state index is 0. The number of aliphatic hydroxyl groups is 2. The Morgan fingerprint density at radius 1 is 1.03 bits per heavy atom. The summed E-state index contributed by atoms with van der Waals surface area (Å²) in [6.07, 6.45) is -0.216. The molecule has 3 aromatic rings. The van der Waals surface area contributed by atoms with Gasteiger partial charge in [-0.25, -0.2) is 4.79 Å². The number of fused-ring (bicyclic) bond motifs is 1. The zero-order valence-electron chi connectivity index (χ0n) is 16.1. The smallest absolute Gasteiger partial charge is 0.340 e. The topological polar surface area (TPSA) is 97.0 Å². The fourth-order valence-corrected chi connectivity index (χ4v) is 3.12. The number of ether oxygens (including phenoxy) is 1. The largest absolute Gasteiger partial charge is 0.466 e. The molecule has 1 aromatic heterocycles. The van der Waals surface area contributed by atoms with Crippen LogP contribution in [0.3, 0.4) is 0 Å². The molecule has 0 aliphatic carbocycles. The Morgan fingerprint density at radius 2 is 1.66 bits per heavy atom. The number of hydrogen-bond donors (Lipinski definition) is 2. The van der Waals surface area contributed by atoms with Gasteiger partial charge >= 0.3 is 11.6 Å². The van der Waals surface area contributed by atoms with Crippen LogP contribution in [0.2, 0.25) is 0 Å². The van der Waals surface area contributed by atoms with Gasteiger partial charge in [0.25, 0.3) is 0 Å². The molecular formula is C21H20Ac2O6. The molecule has 0 spiro atoms. The molecule has 0 saturated carbocycles. The van der Waals surface area contributed by atoms with Crippen molar-refractivity contribution < 1.29 is 112 Å². The first-order valence-electron chi connectivity index (χ1n) is 8.63. The average molecular weight is 822 g/mol. The van der Waals surface area contributed by atoms with Gasteiger partial charge in [-0.15, -0.1) is 0 Å². The van der Waals surface area contributed by atoms with Crippen molar-refractivity contribution in [3.63, 3.8) is 0 Å². The van der Waals surface area contributed by atoms with Crippen LogP contribution in [-0.4, -0.2) is 22.8 Å². The number of esters is 1. The van der Waals surface area contributed by atoms with Crippen LogP contribution in [0.4, 0.5) is 0 Å². The molecule has 1 heterocycles. The van der Waals surface area contributed by atoms with E-state index in [9.17, 15) is 19.8 Å². The minimum Gasteiger partial charge on any atom is -0.466 e. The van der Waals surface area contributed by atoms with Gasteiger partial charge < -0.3 is 19.4 Å². The number of carbonyl (C=O) groups is 1. The van der Waals surface area contributed by atoms with E-state index < -0.39 is 11.6 Å². The first-order valence-corrected chi connectivity index (χ1v) is 8.63. The van der Waals surface area contributed by atoms with E-state index in [1.807, 2.05) is 30.3 Å². The fourth-order valence-electron chi connectivity index (χ4n) is 3.12. The van der Waals surface area contributed by atoms with Crippen LogP contribution in [-0.2, 0) is 29.2 Å². The molecule has 2 aromatic carbocycles. The number of benzene rings is 2. The Kier molecular flexibility index (Phi) is 11.8. The summed E-state index contributed by atoms with van der Waals surface area (Å²) in [5.41, 5.74) is 2.17. The quantitative estimate of drug-likeness (QED) is 0.294. The molecule has 6 nitrogen and oxygen atoms in total. The second-order valence-electron chi connectivity index (χ2n) is 6.02. The predicted molar refractivity (Wildman–Crippen MR) is 100 cm³/mol. The first kappa shape index (κ1) is 27.0. The van der Waals surface area contributed by atoms with Crippen molar-refractivity contribution >= 4 is 16.9 Å². The Morgan fingerprint density at radius 3 is 2.24 bits per heavy atom. The van der Waals surface area contributed by atoms with Gasteiger partial charge in [-0.2, -0.15) is 0 Å². The second-order valence-corrected chi connectivity index (χ2v) is 6.02. The van der Waals surface area contributed by atoms with E-state index in [0.717, 1.165) is 5.56 Å². The molecule has 0 fully saturated rings. The molecule has 0 saturated heterocycles. The van der Waals surface area contributed by atoms with E-state index in [0.29, 0.717) is 22.1 Å². The van der Waals surface area contributed by atoms with Crippen LogP contribution in [0.25, 0.3) is 22.1 Å². The van der Waals surface area contributed by atoms with Gasteiger partial charge in [-0.05, 0) is 35.7 Å². The average Bonchev–Trinajstić information content (AvgIpc) is 2.68. The zero-order valence-corrected chi connectivity index (χ0v) is 25.5. The van der Waals surface area contributed by atoms with E-state index in [1.54, 1.807) is 19.1 Å². The second kappa shape index (κ2) is 12.7. The molecule has 0 aliphatic heterocycles. The number of carbonyl (C=O) groups excluding carboxylic acids is 1. The summed E-state index contributed by atoms with van der Waals surface area (Å²) in [7, 11) is 0. The summed E-state index contributed by atoms with van der Waals surface area (Å²) in [4.78, 5) is 24.7. The molecule has 0 aliphatic rings. The van der Waals surface area contributed by atoms with Crippen LogP contribution in [0.5, 0.6) is 0 Å². The molecular weight excluding hydrogens is 802 g/mol. The molecule has 3 rings (SSSR count). The van der Waals surface area contributed by atoms with Gasteiger partial charge in [0.1, 0.15) is 5.58 Å². The van der Waals surface area contributed by atoms with E-state index in [2.05, 4.69) is 0 Å².